The van der Waals surface area contributed by atoms with Gasteiger partial charge in [0.05, 0.1) is 18.0 Å². The first kappa shape index (κ1) is 16.2. The number of nitro benzene ring substituents is 1. The van der Waals surface area contributed by atoms with E-state index in [0.717, 1.165) is 12.8 Å². The largest absolute Gasteiger partial charge is 0.490 e. The number of carbonyl (C=O) groups excluding carboxylic acids is 1. The van der Waals surface area contributed by atoms with Crippen LogP contribution < -0.4 is 4.74 Å². The second kappa shape index (κ2) is 6.10. The topological polar surface area (TPSA) is 110 Å². The lowest BCUT2D eigenvalue weighted by Gasteiger charge is -2.16. The van der Waals surface area contributed by atoms with Gasteiger partial charge in [0, 0.05) is 30.8 Å². The zero-order chi connectivity index (χ0) is 17.4. The number of likely N-dealkylation sites (tertiary alicyclic amines) is 1. The average molecular weight is 334 g/mol. The highest BCUT2D eigenvalue weighted by molar-refractivity contribution is 5.95. The van der Waals surface area contributed by atoms with Gasteiger partial charge in [0.1, 0.15) is 0 Å². The van der Waals surface area contributed by atoms with Crippen LogP contribution in [-0.2, 0) is 4.79 Å². The Morgan fingerprint density at radius 2 is 2.04 bits per heavy atom. The SMILES string of the molecule is COc1cc(C(=O)N2C[C@H](C(=O)O)[C@@H](C3CC3)C2)ccc1[N+](=O)[O-]. The van der Waals surface area contributed by atoms with E-state index in [1.807, 2.05) is 0 Å². The van der Waals surface area contributed by atoms with E-state index in [4.69, 9.17) is 4.74 Å². The fourth-order valence-electron chi connectivity index (χ4n) is 3.40. The molecule has 1 aliphatic carbocycles. The van der Waals surface area contributed by atoms with Crippen molar-refractivity contribution in [2.45, 2.75) is 12.8 Å². The summed E-state index contributed by atoms with van der Waals surface area (Å²) in [5.74, 6) is -1.34. The van der Waals surface area contributed by atoms with Crippen molar-refractivity contribution < 1.29 is 24.4 Å². The molecule has 0 radical (unpaired) electrons. The quantitative estimate of drug-likeness (QED) is 0.649. The fraction of sp³-hybridized carbons (Fsp3) is 0.500. The van der Waals surface area contributed by atoms with E-state index in [0.29, 0.717) is 12.5 Å². The minimum absolute atomic E-state index is 0.00797. The molecule has 8 heteroatoms. The van der Waals surface area contributed by atoms with Crippen LogP contribution >= 0.6 is 0 Å². The molecule has 1 N–H and O–H groups in total. The van der Waals surface area contributed by atoms with Crippen LogP contribution in [0, 0.1) is 27.9 Å². The molecule has 2 aliphatic rings. The van der Waals surface area contributed by atoms with Gasteiger partial charge in [-0.3, -0.25) is 19.7 Å². The van der Waals surface area contributed by atoms with Crippen LogP contribution in [0.2, 0.25) is 0 Å². The molecule has 0 unspecified atom stereocenters. The molecule has 1 heterocycles. The van der Waals surface area contributed by atoms with Crippen molar-refractivity contribution in [1.82, 2.24) is 4.90 Å². The maximum atomic E-state index is 12.7. The summed E-state index contributed by atoms with van der Waals surface area (Å²) in [5, 5.41) is 20.3. The van der Waals surface area contributed by atoms with Crippen molar-refractivity contribution in [3.8, 4) is 5.75 Å². The summed E-state index contributed by atoms with van der Waals surface area (Å²) < 4.78 is 4.98. The standard InChI is InChI=1S/C16H18N2O6/c1-24-14-6-10(4-5-13(14)18(22)23)15(19)17-7-11(9-2-3-9)12(8-17)16(20)21/h4-6,9,11-12H,2-3,7-8H2,1H3,(H,20,21)/t11-,12+/m1/s1. The van der Waals surface area contributed by atoms with Crippen molar-refractivity contribution in [3.05, 3.63) is 33.9 Å². The number of ether oxygens (including phenoxy) is 1. The molecule has 0 spiro atoms. The predicted octanol–water partition coefficient (Wildman–Crippen LogP) is 1.79. The molecule has 128 valence electrons. The second-order valence-electron chi connectivity index (χ2n) is 6.30. The molecule has 2 atom stereocenters. The number of nitrogens with zero attached hydrogens (tertiary/aromatic N) is 2. The predicted molar refractivity (Wildman–Crippen MR) is 82.9 cm³/mol. The Labute approximate surface area is 138 Å². The first-order chi connectivity index (χ1) is 11.4. The Morgan fingerprint density at radius 3 is 2.58 bits per heavy atom. The molecular weight excluding hydrogens is 316 g/mol. The molecule has 1 amide bonds. The van der Waals surface area contributed by atoms with Crippen molar-refractivity contribution in [1.29, 1.82) is 0 Å². The summed E-state index contributed by atoms with van der Waals surface area (Å²) >= 11 is 0. The first-order valence-corrected chi connectivity index (χ1v) is 7.77. The fourth-order valence-corrected chi connectivity index (χ4v) is 3.40. The lowest BCUT2D eigenvalue weighted by atomic mass is 9.92. The smallest absolute Gasteiger partial charge is 0.310 e. The number of carbonyl (C=O) groups is 2. The Bertz CT molecular complexity index is 700. The molecule has 1 saturated heterocycles. The highest BCUT2D eigenvalue weighted by atomic mass is 16.6. The van der Waals surface area contributed by atoms with Crippen molar-refractivity contribution in [3.63, 3.8) is 0 Å². The Balaban J connectivity index is 1.81. The Morgan fingerprint density at radius 1 is 1.33 bits per heavy atom. The monoisotopic (exact) mass is 334 g/mol. The number of carboxylic acids is 1. The molecule has 1 aromatic carbocycles. The second-order valence-corrected chi connectivity index (χ2v) is 6.30. The van der Waals surface area contributed by atoms with Crippen LogP contribution in [0.25, 0.3) is 0 Å². The lowest BCUT2D eigenvalue weighted by Crippen LogP contribution is -2.30. The number of methoxy groups -OCH3 is 1. The summed E-state index contributed by atoms with van der Waals surface area (Å²) in [7, 11) is 1.30. The molecule has 3 rings (SSSR count). The molecular formula is C16H18N2O6. The third-order valence-electron chi connectivity index (χ3n) is 4.82. The number of rotatable bonds is 5. The number of aliphatic carboxylic acids is 1. The number of carboxylic acid groups (broad SMARTS) is 1. The van der Waals surface area contributed by atoms with E-state index in [2.05, 4.69) is 0 Å². The van der Waals surface area contributed by atoms with Crippen molar-refractivity contribution in [2.75, 3.05) is 20.2 Å². The van der Waals surface area contributed by atoms with Gasteiger partial charge in [0.25, 0.3) is 5.91 Å². The minimum atomic E-state index is -0.872. The third-order valence-corrected chi connectivity index (χ3v) is 4.82. The molecule has 24 heavy (non-hydrogen) atoms. The molecule has 1 aromatic rings. The van der Waals surface area contributed by atoms with Crippen LogP contribution in [0.1, 0.15) is 23.2 Å². The highest BCUT2D eigenvalue weighted by Crippen LogP contribution is 2.44. The normalized spacial score (nSPS) is 23.1. The number of benzene rings is 1. The number of nitro groups is 1. The zero-order valence-corrected chi connectivity index (χ0v) is 13.2. The van der Waals surface area contributed by atoms with Crippen LogP contribution in [-0.4, -0.2) is 47.0 Å². The maximum Gasteiger partial charge on any atom is 0.310 e. The van der Waals surface area contributed by atoms with Gasteiger partial charge in [-0.1, -0.05) is 0 Å². The van der Waals surface area contributed by atoms with Gasteiger partial charge in [-0.2, -0.15) is 0 Å². The number of hydrogen-bond donors (Lipinski definition) is 1. The van der Waals surface area contributed by atoms with Crippen LogP contribution in [0.4, 0.5) is 5.69 Å². The van der Waals surface area contributed by atoms with Crippen LogP contribution in [0.15, 0.2) is 18.2 Å². The van der Waals surface area contributed by atoms with Gasteiger partial charge in [-0.05, 0) is 30.7 Å². The summed E-state index contributed by atoms with van der Waals surface area (Å²) in [5.41, 5.74) is 0.0489. The highest BCUT2D eigenvalue weighted by Gasteiger charge is 2.47. The molecule has 8 nitrogen and oxygen atoms in total. The van der Waals surface area contributed by atoms with Crippen molar-refractivity contribution >= 4 is 17.6 Å². The van der Waals surface area contributed by atoms with Crippen molar-refractivity contribution in [2.24, 2.45) is 17.8 Å². The van der Waals surface area contributed by atoms with Gasteiger partial charge in [0.15, 0.2) is 5.75 Å². The molecule has 0 bridgehead atoms. The van der Waals surface area contributed by atoms with Crippen LogP contribution in [0.3, 0.4) is 0 Å². The first-order valence-electron chi connectivity index (χ1n) is 7.77. The lowest BCUT2D eigenvalue weighted by molar-refractivity contribution is -0.385. The number of amides is 1. The van der Waals surface area contributed by atoms with Gasteiger partial charge < -0.3 is 14.7 Å². The van der Waals surface area contributed by atoms with Gasteiger partial charge in [0.2, 0.25) is 0 Å². The summed E-state index contributed by atoms with van der Waals surface area (Å²) in [6.07, 6.45) is 2.03. The van der Waals surface area contributed by atoms with E-state index in [1.165, 1.54) is 30.2 Å². The molecule has 0 aromatic heterocycles. The Kier molecular flexibility index (Phi) is 4.13. The zero-order valence-electron chi connectivity index (χ0n) is 13.2. The summed E-state index contributed by atoms with van der Waals surface area (Å²) in [6.45, 7) is 0.592. The average Bonchev–Trinajstić information content (AvgIpc) is 3.31. The summed E-state index contributed by atoms with van der Waals surface area (Å²) in [6, 6.07) is 3.94. The van der Waals surface area contributed by atoms with E-state index in [1.54, 1.807) is 0 Å². The maximum absolute atomic E-state index is 12.7. The summed E-state index contributed by atoms with van der Waals surface area (Å²) in [4.78, 5) is 36.0. The molecule has 2 fully saturated rings. The minimum Gasteiger partial charge on any atom is -0.490 e. The van der Waals surface area contributed by atoms with E-state index < -0.39 is 16.8 Å². The molecule has 1 aliphatic heterocycles. The third kappa shape index (κ3) is 2.91. The van der Waals surface area contributed by atoms with E-state index in [-0.39, 0.29) is 35.4 Å². The van der Waals surface area contributed by atoms with E-state index >= 15 is 0 Å². The van der Waals surface area contributed by atoms with Gasteiger partial charge in [-0.25, -0.2) is 0 Å². The van der Waals surface area contributed by atoms with Crippen LogP contribution in [0.5, 0.6) is 5.75 Å². The van der Waals surface area contributed by atoms with E-state index in [9.17, 15) is 24.8 Å². The Hall–Kier alpha value is -2.64. The van der Waals surface area contributed by atoms with Gasteiger partial charge in [-0.15, -0.1) is 0 Å². The van der Waals surface area contributed by atoms with Gasteiger partial charge >= 0.3 is 11.7 Å². The number of hydrogen-bond acceptors (Lipinski definition) is 5. The molecule has 1 saturated carbocycles.